The predicted molar refractivity (Wildman–Crippen MR) is 50.3 cm³/mol. The van der Waals surface area contributed by atoms with Gasteiger partial charge in [0.05, 0.1) is 5.25 Å². The van der Waals surface area contributed by atoms with Crippen LogP contribution in [0.15, 0.2) is 12.7 Å². The van der Waals surface area contributed by atoms with Crippen molar-refractivity contribution in [3.63, 3.8) is 0 Å². The van der Waals surface area contributed by atoms with Crippen molar-refractivity contribution in [3.8, 4) is 0 Å². The van der Waals surface area contributed by atoms with E-state index in [-0.39, 0.29) is 16.8 Å². The third-order valence-electron chi connectivity index (χ3n) is 1.85. The third-order valence-corrected chi connectivity index (χ3v) is 3.14. The molecular formula is C9H12O2S. The summed E-state index contributed by atoms with van der Waals surface area (Å²) in [5, 5.41) is -0.0933. The van der Waals surface area contributed by atoms with Crippen LogP contribution in [0.3, 0.4) is 0 Å². The summed E-state index contributed by atoms with van der Waals surface area (Å²) in [6.07, 6.45) is 3.79. The molecule has 2 nitrogen and oxygen atoms in total. The second-order valence-electron chi connectivity index (χ2n) is 2.76. The summed E-state index contributed by atoms with van der Waals surface area (Å²) < 4.78 is 0. The standard InChI is InChI=1S/C9H12O2S/c1-2-3-4-8-9(11)7(10)5-6-12-8/h2,8H,1,3-6H2. The van der Waals surface area contributed by atoms with Crippen molar-refractivity contribution >= 4 is 23.3 Å². The van der Waals surface area contributed by atoms with Gasteiger partial charge in [0, 0.05) is 12.2 Å². The lowest BCUT2D eigenvalue weighted by molar-refractivity contribution is -0.136. The van der Waals surface area contributed by atoms with Gasteiger partial charge in [-0.2, -0.15) is 0 Å². The highest BCUT2D eigenvalue weighted by Crippen LogP contribution is 2.23. The second-order valence-corrected chi connectivity index (χ2v) is 4.07. The number of rotatable bonds is 3. The fraction of sp³-hybridized carbons (Fsp3) is 0.556. The maximum Gasteiger partial charge on any atom is 0.211 e. The van der Waals surface area contributed by atoms with Gasteiger partial charge in [-0.05, 0) is 12.8 Å². The Hall–Kier alpha value is -0.570. The molecule has 1 unspecified atom stereocenters. The second kappa shape index (κ2) is 4.45. The molecule has 66 valence electrons. The number of hydrogen-bond donors (Lipinski definition) is 0. The highest BCUT2D eigenvalue weighted by molar-refractivity contribution is 8.00. The minimum atomic E-state index is -0.192. The van der Waals surface area contributed by atoms with Crippen molar-refractivity contribution in [1.29, 1.82) is 0 Å². The summed E-state index contributed by atoms with van der Waals surface area (Å²) in [7, 11) is 0. The lowest BCUT2D eigenvalue weighted by atomic mass is 10.1. The summed E-state index contributed by atoms with van der Waals surface area (Å²) in [5.41, 5.74) is 0. The van der Waals surface area contributed by atoms with Gasteiger partial charge in [0.25, 0.3) is 0 Å². The molecular weight excluding hydrogens is 172 g/mol. The average Bonchev–Trinajstić information content (AvgIpc) is 2.08. The van der Waals surface area contributed by atoms with E-state index in [9.17, 15) is 9.59 Å². The number of Topliss-reactive ketones (excluding diaryl/α,β-unsaturated/α-hetero) is 2. The number of carbonyl (C=O) groups is 2. The molecule has 1 rings (SSSR count). The summed E-state index contributed by atoms with van der Waals surface area (Å²) in [6, 6.07) is 0. The van der Waals surface area contributed by atoms with Gasteiger partial charge in [-0.25, -0.2) is 0 Å². The van der Waals surface area contributed by atoms with Crippen LogP contribution in [-0.2, 0) is 9.59 Å². The molecule has 0 amide bonds. The maximum absolute atomic E-state index is 11.2. The van der Waals surface area contributed by atoms with Crippen LogP contribution in [0.4, 0.5) is 0 Å². The number of carbonyl (C=O) groups excluding carboxylic acids is 2. The number of thioether (sulfide) groups is 1. The van der Waals surface area contributed by atoms with Gasteiger partial charge >= 0.3 is 0 Å². The molecule has 0 spiro atoms. The Bertz CT molecular complexity index is 211. The van der Waals surface area contributed by atoms with Crippen molar-refractivity contribution in [3.05, 3.63) is 12.7 Å². The van der Waals surface area contributed by atoms with E-state index < -0.39 is 0 Å². The van der Waals surface area contributed by atoms with E-state index in [1.807, 2.05) is 0 Å². The zero-order valence-electron chi connectivity index (χ0n) is 6.91. The van der Waals surface area contributed by atoms with Crippen LogP contribution in [-0.4, -0.2) is 22.6 Å². The molecule has 1 heterocycles. The van der Waals surface area contributed by atoms with Gasteiger partial charge in [0.15, 0.2) is 5.78 Å². The topological polar surface area (TPSA) is 34.1 Å². The molecule has 0 aromatic rings. The molecule has 12 heavy (non-hydrogen) atoms. The van der Waals surface area contributed by atoms with Gasteiger partial charge in [0.2, 0.25) is 5.78 Å². The van der Waals surface area contributed by atoms with Gasteiger partial charge in [-0.1, -0.05) is 6.08 Å². The number of hydrogen-bond acceptors (Lipinski definition) is 3. The van der Waals surface area contributed by atoms with Crippen molar-refractivity contribution in [1.82, 2.24) is 0 Å². The van der Waals surface area contributed by atoms with Crippen LogP contribution in [0.1, 0.15) is 19.3 Å². The van der Waals surface area contributed by atoms with Crippen molar-refractivity contribution in [2.24, 2.45) is 0 Å². The minimum absolute atomic E-state index is 0.0933. The molecule has 0 bridgehead atoms. The SMILES string of the molecule is C=CCCC1SCCC(=O)C1=O. The Morgan fingerprint density at radius 3 is 3.00 bits per heavy atom. The highest BCUT2D eigenvalue weighted by Gasteiger charge is 2.28. The molecule has 0 aromatic heterocycles. The van der Waals surface area contributed by atoms with Crippen molar-refractivity contribution in [2.45, 2.75) is 24.5 Å². The first-order valence-electron chi connectivity index (χ1n) is 4.05. The minimum Gasteiger partial charge on any atom is -0.291 e. The third kappa shape index (κ3) is 2.21. The first kappa shape index (κ1) is 9.52. The Morgan fingerprint density at radius 1 is 1.58 bits per heavy atom. The predicted octanol–water partition coefficient (Wildman–Crippen LogP) is 1.60. The van der Waals surface area contributed by atoms with Gasteiger partial charge in [-0.3, -0.25) is 9.59 Å². The lowest BCUT2D eigenvalue weighted by Gasteiger charge is -2.17. The van der Waals surface area contributed by atoms with E-state index in [0.29, 0.717) is 6.42 Å². The van der Waals surface area contributed by atoms with E-state index in [0.717, 1.165) is 18.6 Å². The molecule has 0 N–H and O–H groups in total. The van der Waals surface area contributed by atoms with Gasteiger partial charge in [0.1, 0.15) is 0 Å². The first-order valence-corrected chi connectivity index (χ1v) is 5.10. The van der Waals surface area contributed by atoms with E-state index in [2.05, 4.69) is 6.58 Å². The molecule has 1 atom stereocenters. The van der Waals surface area contributed by atoms with E-state index >= 15 is 0 Å². The molecule has 1 aliphatic heterocycles. The Morgan fingerprint density at radius 2 is 2.33 bits per heavy atom. The van der Waals surface area contributed by atoms with Gasteiger partial charge in [-0.15, -0.1) is 18.3 Å². The van der Waals surface area contributed by atoms with Crippen LogP contribution in [0.2, 0.25) is 0 Å². The Balaban J connectivity index is 2.46. The Kier molecular flexibility index (Phi) is 3.53. The average molecular weight is 184 g/mol. The monoisotopic (exact) mass is 184 g/mol. The van der Waals surface area contributed by atoms with Crippen molar-refractivity contribution in [2.75, 3.05) is 5.75 Å². The zero-order chi connectivity index (χ0) is 8.97. The summed E-state index contributed by atoms with van der Waals surface area (Å²) in [6.45, 7) is 3.58. The summed E-state index contributed by atoms with van der Waals surface area (Å²) in [4.78, 5) is 22.2. The van der Waals surface area contributed by atoms with Crippen LogP contribution >= 0.6 is 11.8 Å². The fourth-order valence-electron chi connectivity index (χ4n) is 1.16. The van der Waals surface area contributed by atoms with Crippen LogP contribution in [0.25, 0.3) is 0 Å². The molecule has 0 aliphatic carbocycles. The fourth-order valence-corrected chi connectivity index (χ4v) is 2.33. The van der Waals surface area contributed by atoms with E-state index in [1.54, 1.807) is 17.8 Å². The quantitative estimate of drug-likeness (QED) is 0.493. The molecule has 0 saturated carbocycles. The Labute approximate surface area is 76.4 Å². The normalized spacial score (nSPS) is 24.2. The van der Waals surface area contributed by atoms with Gasteiger partial charge < -0.3 is 0 Å². The maximum atomic E-state index is 11.2. The molecule has 1 aliphatic rings. The van der Waals surface area contributed by atoms with Crippen LogP contribution < -0.4 is 0 Å². The van der Waals surface area contributed by atoms with Crippen LogP contribution in [0.5, 0.6) is 0 Å². The lowest BCUT2D eigenvalue weighted by Crippen LogP contribution is -2.31. The molecule has 0 aromatic carbocycles. The summed E-state index contributed by atoms with van der Waals surface area (Å²) in [5.74, 6) is 0.419. The van der Waals surface area contributed by atoms with Crippen molar-refractivity contribution < 1.29 is 9.59 Å². The van der Waals surface area contributed by atoms with E-state index in [1.165, 1.54) is 0 Å². The number of allylic oxidation sites excluding steroid dienone is 1. The number of ketones is 2. The molecule has 1 fully saturated rings. The van der Waals surface area contributed by atoms with E-state index in [4.69, 9.17) is 0 Å². The highest BCUT2D eigenvalue weighted by atomic mass is 32.2. The zero-order valence-corrected chi connectivity index (χ0v) is 7.73. The molecule has 0 radical (unpaired) electrons. The largest absolute Gasteiger partial charge is 0.291 e. The van der Waals surface area contributed by atoms with Crippen LogP contribution in [0, 0.1) is 0 Å². The summed E-state index contributed by atoms with van der Waals surface area (Å²) >= 11 is 1.60. The first-order chi connectivity index (χ1) is 5.75. The molecule has 3 heteroatoms. The smallest absolute Gasteiger partial charge is 0.211 e. The molecule has 1 saturated heterocycles.